The van der Waals surface area contributed by atoms with E-state index in [1.165, 1.54) is 64.2 Å². The predicted octanol–water partition coefficient (Wildman–Crippen LogP) is 4.63. The lowest BCUT2D eigenvalue weighted by atomic mass is 10.0. The van der Waals surface area contributed by atoms with Crippen LogP contribution in [0.3, 0.4) is 0 Å². The first-order valence-electron chi connectivity index (χ1n) is 12.0. The summed E-state index contributed by atoms with van der Waals surface area (Å²) in [6, 6.07) is -0.785. The van der Waals surface area contributed by atoms with Crippen molar-refractivity contribution in [2.45, 2.75) is 128 Å². The van der Waals surface area contributed by atoms with Crippen LogP contribution in [0.4, 0.5) is 0 Å². The zero-order valence-electron chi connectivity index (χ0n) is 19.0. The van der Waals surface area contributed by atoms with Gasteiger partial charge in [0, 0.05) is 0 Å². The highest BCUT2D eigenvalue weighted by Gasteiger charge is 2.22. The van der Waals surface area contributed by atoms with Gasteiger partial charge in [-0.25, -0.2) is 0 Å². The summed E-state index contributed by atoms with van der Waals surface area (Å²) in [4.78, 5) is 11.9. The monoisotopic (exact) mass is 413 g/mol. The molecule has 172 valence electrons. The van der Waals surface area contributed by atoms with E-state index >= 15 is 0 Å². The molecule has 0 aliphatic carbocycles. The van der Waals surface area contributed by atoms with Crippen molar-refractivity contribution < 1.29 is 20.1 Å². The highest BCUT2D eigenvalue weighted by atomic mass is 16.3. The quantitative estimate of drug-likeness (QED) is 0.173. The van der Waals surface area contributed by atoms with Gasteiger partial charge in [-0.2, -0.15) is 0 Å². The van der Waals surface area contributed by atoms with Crippen LogP contribution in [0.2, 0.25) is 0 Å². The van der Waals surface area contributed by atoms with Crippen molar-refractivity contribution >= 4 is 5.91 Å². The summed E-state index contributed by atoms with van der Waals surface area (Å²) in [5.41, 5.74) is 0. The maximum atomic E-state index is 11.9. The fraction of sp³-hybridized carbons (Fsp3) is 0.875. The molecule has 0 fully saturated rings. The molecular formula is C24H47NO4. The van der Waals surface area contributed by atoms with Crippen LogP contribution in [-0.2, 0) is 4.79 Å². The molecule has 0 aliphatic heterocycles. The van der Waals surface area contributed by atoms with Crippen molar-refractivity contribution in [2.75, 3.05) is 6.61 Å². The van der Waals surface area contributed by atoms with Crippen molar-refractivity contribution in [3.63, 3.8) is 0 Å². The Bertz CT molecular complexity index is 400. The molecule has 1 amide bonds. The summed E-state index contributed by atoms with van der Waals surface area (Å²) in [5.74, 6) is -0.532. The first-order chi connectivity index (χ1) is 14.1. The van der Waals surface area contributed by atoms with E-state index in [0.717, 1.165) is 25.7 Å². The van der Waals surface area contributed by atoms with Crippen LogP contribution in [0, 0.1) is 0 Å². The van der Waals surface area contributed by atoms with Gasteiger partial charge in [0.2, 0.25) is 5.91 Å². The molecule has 5 heteroatoms. The Morgan fingerprint density at radius 3 is 1.86 bits per heavy atom. The lowest BCUT2D eigenvalue weighted by Crippen LogP contribution is -2.48. The summed E-state index contributed by atoms with van der Waals surface area (Å²) in [5, 5.41) is 31.9. The van der Waals surface area contributed by atoms with E-state index in [-0.39, 0.29) is 6.61 Å². The second-order valence-corrected chi connectivity index (χ2v) is 8.20. The minimum atomic E-state index is -1.09. The second kappa shape index (κ2) is 20.4. The maximum absolute atomic E-state index is 11.9. The molecule has 3 atom stereocenters. The molecule has 0 bridgehead atoms. The number of unbranched alkanes of at least 4 members (excludes halogenated alkanes) is 12. The summed E-state index contributed by atoms with van der Waals surface area (Å²) >= 11 is 0. The molecule has 5 nitrogen and oxygen atoms in total. The maximum Gasteiger partial charge on any atom is 0.249 e. The fourth-order valence-electron chi connectivity index (χ4n) is 3.34. The number of nitrogens with one attached hydrogen (secondary N) is 1. The van der Waals surface area contributed by atoms with E-state index in [9.17, 15) is 20.1 Å². The third-order valence-electron chi connectivity index (χ3n) is 5.38. The molecule has 0 unspecified atom stereocenters. The van der Waals surface area contributed by atoms with Gasteiger partial charge in [0.05, 0.1) is 18.8 Å². The van der Waals surface area contributed by atoms with Crippen LogP contribution >= 0.6 is 0 Å². The Hall–Kier alpha value is -0.910. The Balaban J connectivity index is 3.78. The van der Waals surface area contributed by atoms with Gasteiger partial charge in [-0.3, -0.25) is 4.79 Å². The Labute approximate surface area is 179 Å². The number of aliphatic hydroxyl groups is 3. The van der Waals surface area contributed by atoms with Gasteiger partial charge in [0.1, 0.15) is 6.10 Å². The van der Waals surface area contributed by atoms with Crippen molar-refractivity contribution in [3.05, 3.63) is 12.2 Å². The summed E-state index contributed by atoms with van der Waals surface area (Å²) in [7, 11) is 0. The number of carbonyl (C=O) groups is 1. The molecule has 0 aromatic rings. The predicted molar refractivity (Wildman–Crippen MR) is 121 cm³/mol. The number of amides is 1. The van der Waals surface area contributed by atoms with E-state index < -0.39 is 24.2 Å². The van der Waals surface area contributed by atoms with Gasteiger partial charge in [-0.05, 0) is 19.3 Å². The van der Waals surface area contributed by atoms with Crippen LogP contribution in [0.25, 0.3) is 0 Å². The first-order valence-corrected chi connectivity index (χ1v) is 12.0. The lowest BCUT2D eigenvalue weighted by Gasteiger charge is -2.21. The van der Waals surface area contributed by atoms with E-state index in [1.54, 1.807) is 6.08 Å². The standard InChI is InChI=1S/C24H47NO4/c1-3-5-7-8-9-10-11-12-13-14-15-16-17-19-22(27)21(20-26)25-24(29)23(28)18-6-4-2/h17,19,21-23,26-28H,3-16,18,20H2,1-2H3,(H,25,29)/b19-17+/t21-,22+,23+/m0/s1. The molecule has 4 N–H and O–H groups in total. The third-order valence-corrected chi connectivity index (χ3v) is 5.38. The normalized spacial score (nSPS) is 14.8. The molecule has 0 rings (SSSR count). The van der Waals surface area contributed by atoms with Gasteiger partial charge in [0.25, 0.3) is 0 Å². The topological polar surface area (TPSA) is 89.8 Å². The number of aliphatic hydroxyl groups excluding tert-OH is 3. The van der Waals surface area contributed by atoms with Gasteiger partial charge in [-0.1, -0.05) is 103 Å². The molecule has 0 aromatic heterocycles. The van der Waals surface area contributed by atoms with Gasteiger partial charge in [0.15, 0.2) is 0 Å². The van der Waals surface area contributed by atoms with Crippen LogP contribution in [0.15, 0.2) is 12.2 Å². The zero-order valence-corrected chi connectivity index (χ0v) is 19.0. The van der Waals surface area contributed by atoms with E-state index in [2.05, 4.69) is 12.2 Å². The highest BCUT2D eigenvalue weighted by molar-refractivity contribution is 5.80. The number of allylic oxidation sites excluding steroid dienone is 1. The summed E-state index contributed by atoms with van der Waals surface area (Å²) in [6.45, 7) is 3.88. The zero-order chi connectivity index (χ0) is 21.7. The molecule has 0 spiro atoms. The van der Waals surface area contributed by atoms with Gasteiger partial charge in [-0.15, -0.1) is 0 Å². The summed E-state index contributed by atoms with van der Waals surface area (Å²) < 4.78 is 0. The third kappa shape index (κ3) is 16.6. The fourth-order valence-corrected chi connectivity index (χ4v) is 3.34. The Kier molecular flexibility index (Phi) is 19.7. The molecule has 29 heavy (non-hydrogen) atoms. The molecule has 0 heterocycles. The van der Waals surface area contributed by atoms with Gasteiger partial charge >= 0.3 is 0 Å². The number of carbonyl (C=O) groups excluding carboxylic acids is 1. The molecule has 0 saturated carbocycles. The van der Waals surface area contributed by atoms with Crippen LogP contribution in [0.1, 0.15) is 110 Å². The smallest absolute Gasteiger partial charge is 0.249 e. The number of hydrogen-bond donors (Lipinski definition) is 4. The van der Waals surface area contributed by atoms with E-state index in [0.29, 0.717) is 6.42 Å². The average Bonchev–Trinajstić information content (AvgIpc) is 2.73. The van der Waals surface area contributed by atoms with Crippen molar-refractivity contribution in [1.82, 2.24) is 5.32 Å². The highest BCUT2D eigenvalue weighted by Crippen LogP contribution is 2.12. The van der Waals surface area contributed by atoms with Crippen LogP contribution in [0.5, 0.6) is 0 Å². The Morgan fingerprint density at radius 2 is 1.34 bits per heavy atom. The largest absolute Gasteiger partial charge is 0.394 e. The van der Waals surface area contributed by atoms with E-state index in [4.69, 9.17) is 0 Å². The average molecular weight is 414 g/mol. The van der Waals surface area contributed by atoms with Gasteiger partial charge < -0.3 is 20.6 Å². The van der Waals surface area contributed by atoms with E-state index in [1.807, 2.05) is 13.0 Å². The minimum Gasteiger partial charge on any atom is -0.394 e. The van der Waals surface area contributed by atoms with Crippen LogP contribution in [-0.4, -0.2) is 46.1 Å². The lowest BCUT2D eigenvalue weighted by molar-refractivity contribution is -0.131. The Morgan fingerprint density at radius 1 is 0.828 bits per heavy atom. The SMILES string of the molecule is CCCCCCCCCCCCC/C=C/[C@@H](O)[C@H](CO)NC(=O)[C@H](O)CCCC. The van der Waals surface area contributed by atoms with Crippen LogP contribution < -0.4 is 5.32 Å². The van der Waals surface area contributed by atoms with Crippen molar-refractivity contribution in [2.24, 2.45) is 0 Å². The molecule has 0 aromatic carbocycles. The molecular weight excluding hydrogens is 366 g/mol. The first kappa shape index (κ1) is 28.1. The van der Waals surface area contributed by atoms with Crippen molar-refractivity contribution in [3.8, 4) is 0 Å². The summed E-state index contributed by atoms with van der Waals surface area (Å²) in [6.07, 6.45) is 18.8. The van der Waals surface area contributed by atoms with Crippen molar-refractivity contribution in [1.29, 1.82) is 0 Å². The molecule has 0 saturated heterocycles. The number of hydrogen-bond acceptors (Lipinski definition) is 4. The second-order valence-electron chi connectivity index (χ2n) is 8.20. The minimum absolute atomic E-state index is 0.365. The molecule has 0 aliphatic rings. The molecule has 0 radical (unpaired) electrons. The number of rotatable bonds is 20.